The lowest BCUT2D eigenvalue weighted by molar-refractivity contribution is 0.628. The maximum absolute atomic E-state index is 13.6. The molecule has 0 aliphatic carbocycles. The number of nitrogens with one attached hydrogen (secondary N) is 2. The van der Waals surface area contributed by atoms with Crippen molar-refractivity contribution in [3.8, 4) is 11.8 Å². The van der Waals surface area contributed by atoms with Crippen molar-refractivity contribution in [2.75, 3.05) is 5.32 Å². The second-order valence-corrected chi connectivity index (χ2v) is 4.56. The summed E-state index contributed by atoms with van der Waals surface area (Å²) < 4.78 is 15.4. The lowest BCUT2D eigenvalue weighted by Gasteiger charge is -2.12. The molecule has 1 aromatic carbocycles. The normalized spacial score (nSPS) is 11.3. The van der Waals surface area contributed by atoms with E-state index in [1.54, 1.807) is 23.0 Å². The van der Waals surface area contributed by atoms with E-state index < -0.39 is 5.82 Å². The highest BCUT2D eigenvalue weighted by Crippen LogP contribution is 2.23. The summed E-state index contributed by atoms with van der Waals surface area (Å²) in [5.74, 6) is 0.500. The van der Waals surface area contributed by atoms with Crippen molar-refractivity contribution in [3.05, 3.63) is 54.3 Å². The summed E-state index contributed by atoms with van der Waals surface area (Å²) in [5, 5.41) is 25.2. The van der Waals surface area contributed by atoms with E-state index in [0.717, 1.165) is 5.82 Å². The SMILES string of the molecule is Cc1nccn1-c1ccc(F)cc1NC=C(C#N)c1nn[nH]n1. The number of allylic oxidation sites excluding steroid dienone is 1. The third kappa shape index (κ3) is 2.91. The highest BCUT2D eigenvalue weighted by molar-refractivity contribution is 5.75. The van der Waals surface area contributed by atoms with Gasteiger partial charge in [0.25, 0.3) is 0 Å². The van der Waals surface area contributed by atoms with Crippen LogP contribution in [0.5, 0.6) is 0 Å². The molecular formula is C14H11FN8. The number of hydrogen-bond acceptors (Lipinski definition) is 6. The summed E-state index contributed by atoms with van der Waals surface area (Å²) >= 11 is 0. The third-order valence-corrected chi connectivity index (χ3v) is 3.12. The van der Waals surface area contributed by atoms with Gasteiger partial charge in [-0.3, -0.25) is 0 Å². The van der Waals surface area contributed by atoms with Crippen LogP contribution >= 0.6 is 0 Å². The van der Waals surface area contributed by atoms with Gasteiger partial charge in [-0.2, -0.15) is 10.5 Å². The number of anilines is 1. The van der Waals surface area contributed by atoms with Crippen LogP contribution in [-0.2, 0) is 0 Å². The lowest BCUT2D eigenvalue weighted by Crippen LogP contribution is -2.02. The molecule has 23 heavy (non-hydrogen) atoms. The van der Waals surface area contributed by atoms with Gasteiger partial charge in [0.1, 0.15) is 23.3 Å². The van der Waals surface area contributed by atoms with Crippen LogP contribution < -0.4 is 5.32 Å². The molecule has 0 atom stereocenters. The van der Waals surface area contributed by atoms with E-state index in [-0.39, 0.29) is 11.4 Å². The number of aromatic amines is 1. The molecule has 0 amide bonds. The molecule has 2 aromatic heterocycles. The fourth-order valence-electron chi connectivity index (χ4n) is 2.04. The second-order valence-electron chi connectivity index (χ2n) is 4.56. The molecule has 0 unspecified atom stereocenters. The van der Waals surface area contributed by atoms with E-state index in [4.69, 9.17) is 5.26 Å². The van der Waals surface area contributed by atoms with E-state index in [2.05, 4.69) is 30.9 Å². The molecule has 0 bridgehead atoms. The summed E-state index contributed by atoms with van der Waals surface area (Å²) in [7, 11) is 0. The second kappa shape index (κ2) is 6.07. The van der Waals surface area contributed by atoms with Crippen LogP contribution in [0.15, 0.2) is 36.8 Å². The van der Waals surface area contributed by atoms with Crippen molar-refractivity contribution in [2.24, 2.45) is 0 Å². The number of nitrogens with zero attached hydrogens (tertiary/aromatic N) is 6. The molecule has 2 heterocycles. The minimum absolute atomic E-state index is 0.150. The van der Waals surface area contributed by atoms with Gasteiger partial charge >= 0.3 is 0 Å². The van der Waals surface area contributed by atoms with Gasteiger partial charge in [0.15, 0.2) is 0 Å². The van der Waals surface area contributed by atoms with Crippen LogP contribution in [-0.4, -0.2) is 30.2 Å². The molecule has 8 nitrogen and oxygen atoms in total. The maximum Gasteiger partial charge on any atom is 0.216 e. The fourth-order valence-corrected chi connectivity index (χ4v) is 2.04. The van der Waals surface area contributed by atoms with Gasteiger partial charge in [-0.05, 0) is 30.3 Å². The minimum Gasteiger partial charge on any atom is -0.359 e. The Balaban J connectivity index is 1.99. The van der Waals surface area contributed by atoms with Crippen molar-refractivity contribution in [1.82, 2.24) is 30.2 Å². The first-order valence-corrected chi connectivity index (χ1v) is 6.59. The standard InChI is InChI=1S/C14H11FN8/c1-9-17-4-5-23(9)13-3-2-11(15)6-12(13)18-8-10(7-16)14-19-21-22-20-14/h2-6,8,18H,1H3,(H,19,20,21,22). The number of rotatable bonds is 4. The molecule has 114 valence electrons. The Bertz CT molecular complexity index is 888. The van der Waals surface area contributed by atoms with Crippen molar-refractivity contribution in [1.29, 1.82) is 5.26 Å². The van der Waals surface area contributed by atoms with Crippen molar-refractivity contribution >= 4 is 11.3 Å². The average Bonchev–Trinajstić information content (AvgIpc) is 3.20. The first-order valence-electron chi connectivity index (χ1n) is 6.59. The molecule has 9 heteroatoms. The van der Waals surface area contributed by atoms with Crippen LogP contribution in [0.2, 0.25) is 0 Å². The molecule has 0 saturated carbocycles. The van der Waals surface area contributed by atoms with Gasteiger partial charge < -0.3 is 9.88 Å². The number of halogens is 1. The van der Waals surface area contributed by atoms with Gasteiger partial charge in [-0.15, -0.1) is 10.2 Å². The van der Waals surface area contributed by atoms with Crippen LogP contribution in [0.3, 0.4) is 0 Å². The summed E-state index contributed by atoms with van der Waals surface area (Å²) in [6, 6.07) is 6.27. The highest BCUT2D eigenvalue weighted by atomic mass is 19.1. The molecule has 3 aromatic rings. The third-order valence-electron chi connectivity index (χ3n) is 3.12. The summed E-state index contributed by atoms with van der Waals surface area (Å²) in [5.41, 5.74) is 1.33. The lowest BCUT2D eigenvalue weighted by atomic mass is 10.2. The number of hydrogen-bond donors (Lipinski definition) is 2. The Labute approximate surface area is 130 Å². The van der Waals surface area contributed by atoms with Gasteiger partial charge in [0, 0.05) is 18.6 Å². The van der Waals surface area contributed by atoms with Crippen molar-refractivity contribution < 1.29 is 4.39 Å². The first-order chi connectivity index (χ1) is 11.2. The number of aryl methyl sites for hydroxylation is 1. The Morgan fingerprint density at radius 1 is 1.48 bits per heavy atom. The zero-order valence-electron chi connectivity index (χ0n) is 12.0. The number of nitriles is 1. The van der Waals surface area contributed by atoms with E-state index in [0.29, 0.717) is 11.4 Å². The van der Waals surface area contributed by atoms with Crippen LogP contribution in [0.25, 0.3) is 11.3 Å². The van der Waals surface area contributed by atoms with E-state index in [1.807, 2.05) is 13.0 Å². The number of tetrazole rings is 1. The quantitative estimate of drug-likeness (QED) is 0.711. The Kier molecular flexibility index (Phi) is 3.80. The molecule has 0 spiro atoms. The Hall–Kier alpha value is -3.54. The molecule has 3 rings (SSSR count). The minimum atomic E-state index is -0.402. The summed E-state index contributed by atoms with van der Waals surface area (Å²) in [6.07, 6.45) is 4.82. The zero-order chi connectivity index (χ0) is 16.2. The Morgan fingerprint density at radius 2 is 2.35 bits per heavy atom. The number of benzene rings is 1. The topological polar surface area (TPSA) is 108 Å². The molecule has 0 fully saturated rings. The summed E-state index contributed by atoms with van der Waals surface area (Å²) in [4.78, 5) is 4.15. The number of H-pyrrole nitrogens is 1. The van der Waals surface area contributed by atoms with Crippen molar-refractivity contribution in [2.45, 2.75) is 6.92 Å². The largest absolute Gasteiger partial charge is 0.359 e. The van der Waals surface area contributed by atoms with E-state index in [9.17, 15) is 4.39 Å². The molecule has 0 aliphatic rings. The monoisotopic (exact) mass is 310 g/mol. The average molecular weight is 310 g/mol. The van der Waals surface area contributed by atoms with Crippen LogP contribution in [0, 0.1) is 24.1 Å². The Morgan fingerprint density at radius 3 is 3.00 bits per heavy atom. The molecule has 0 radical (unpaired) electrons. The van der Waals surface area contributed by atoms with Crippen molar-refractivity contribution in [3.63, 3.8) is 0 Å². The van der Waals surface area contributed by atoms with Gasteiger partial charge in [-0.25, -0.2) is 9.37 Å². The highest BCUT2D eigenvalue weighted by Gasteiger charge is 2.10. The zero-order valence-corrected chi connectivity index (χ0v) is 12.0. The number of imidazole rings is 1. The first kappa shape index (κ1) is 14.4. The van der Waals surface area contributed by atoms with Gasteiger partial charge in [0.2, 0.25) is 5.82 Å². The van der Waals surface area contributed by atoms with Crippen LogP contribution in [0.1, 0.15) is 11.6 Å². The smallest absolute Gasteiger partial charge is 0.216 e. The van der Waals surface area contributed by atoms with Gasteiger partial charge in [-0.1, -0.05) is 0 Å². The number of aromatic nitrogens is 6. The molecule has 0 saturated heterocycles. The maximum atomic E-state index is 13.6. The van der Waals surface area contributed by atoms with E-state index in [1.165, 1.54) is 18.3 Å². The van der Waals surface area contributed by atoms with E-state index >= 15 is 0 Å². The predicted molar refractivity (Wildman–Crippen MR) is 79.6 cm³/mol. The van der Waals surface area contributed by atoms with Crippen LogP contribution in [0.4, 0.5) is 10.1 Å². The van der Waals surface area contributed by atoms with Gasteiger partial charge in [0.05, 0.1) is 11.4 Å². The summed E-state index contributed by atoms with van der Waals surface area (Å²) in [6.45, 7) is 1.84. The molecule has 0 aliphatic heterocycles. The molecule has 2 N–H and O–H groups in total. The molecular weight excluding hydrogens is 299 g/mol. The fraction of sp³-hybridized carbons (Fsp3) is 0.0714. The predicted octanol–water partition coefficient (Wildman–Crippen LogP) is 1.81.